The van der Waals surface area contributed by atoms with E-state index in [0.717, 1.165) is 19.3 Å². The maximum Gasteiger partial charge on any atom is 0.0851 e. The minimum absolute atomic E-state index is 0.220. The van der Waals surface area contributed by atoms with Gasteiger partial charge in [-0.25, -0.2) is 0 Å². The standard InChI is InChI=1S/C15H21NO/c17-15(9-5-1-2-6-10-15)14-11-12-7-3-4-8-13(12)16-14/h3-4,7-8,14,16-17H,1-2,5-6,9-11H2. The zero-order chi connectivity index (χ0) is 11.7. The summed E-state index contributed by atoms with van der Waals surface area (Å²) in [6, 6.07) is 8.65. The van der Waals surface area contributed by atoms with Gasteiger partial charge in [0.1, 0.15) is 0 Å². The van der Waals surface area contributed by atoms with Crippen molar-refractivity contribution in [2.75, 3.05) is 5.32 Å². The Morgan fingerprint density at radius 3 is 2.47 bits per heavy atom. The first-order valence-corrected chi connectivity index (χ1v) is 6.85. The largest absolute Gasteiger partial charge is 0.388 e. The van der Waals surface area contributed by atoms with Crippen molar-refractivity contribution in [1.82, 2.24) is 0 Å². The Bertz CT molecular complexity index is 369. The van der Waals surface area contributed by atoms with E-state index in [1.165, 1.54) is 36.9 Å². The lowest BCUT2D eigenvalue weighted by molar-refractivity contribution is 0.00790. The minimum Gasteiger partial charge on any atom is -0.388 e. The molecule has 0 spiro atoms. The molecule has 1 atom stereocenters. The molecular weight excluding hydrogens is 210 g/mol. The maximum absolute atomic E-state index is 10.9. The predicted molar refractivity (Wildman–Crippen MR) is 70.2 cm³/mol. The third-order valence-electron chi connectivity index (χ3n) is 4.39. The summed E-state index contributed by atoms with van der Waals surface area (Å²) in [6.07, 6.45) is 7.80. The van der Waals surface area contributed by atoms with Crippen molar-refractivity contribution in [1.29, 1.82) is 0 Å². The highest BCUT2D eigenvalue weighted by Gasteiger charge is 2.39. The highest BCUT2D eigenvalue weighted by molar-refractivity contribution is 5.57. The number of rotatable bonds is 1. The average Bonchev–Trinajstić information content (AvgIpc) is 2.66. The number of nitrogens with one attached hydrogen (secondary N) is 1. The SMILES string of the molecule is OC1(C2Cc3ccccc3N2)CCCCCC1. The van der Waals surface area contributed by atoms with E-state index in [2.05, 4.69) is 29.6 Å². The molecule has 1 aromatic rings. The fraction of sp³-hybridized carbons (Fsp3) is 0.600. The van der Waals surface area contributed by atoms with Crippen LogP contribution in [-0.4, -0.2) is 16.7 Å². The molecule has 1 saturated carbocycles. The Labute approximate surface area is 103 Å². The summed E-state index contributed by atoms with van der Waals surface area (Å²) in [6.45, 7) is 0. The Kier molecular flexibility index (Phi) is 2.83. The highest BCUT2D eigenvalue weighted by atomic mass is 16.3. The molecular formula is C15H21NO. The van der Waals surface area contributed by atoms with Crippen molar-refractivity contribution >= 4 is 5.69 Å². The van der Waals surface area contributed by atoms with Crippen molar-refractivity contribution in [2.45, 2.75) is 56.6 Å². The fourth-order valence-electron chi connectivity index (χ4n) is 3.31. The van der Waals surface area contributed by atoms with Gasteiger partial charge < -0.3 is 10.4 Å². The molecule has 1 aromatic carbocycles. The van der Waals surface area contributed by atoms with Crippen LogP contribution in [0.25, 0.3) is 0 Å². The van der Waals surface area contributed by atoms with Crippen molar-refractivity contribution in [3.8, 4) is 0 Å². The fourth-order valence-corrected chi connectivity index (χ4v) is 3.31. The van der Waals surface area contributed by atoms with E-state index in [0.29, 0.717) is 0 Å². The van der Waals surface area contributed by atoms with E-state index in [9.17, 15) is 5.11 Å². The molecule has 0 aromatic heterocycles. The summed E-state index contributed by atoms with van der Waals surface area (Å²) in [4.78, 5) is 0. The van der Waals surface area contributed by atoms with Crippen LogP contribution in [0.1, 0.15) is 44.1 Å². The van der Waals surface area contributed by atoms with Crippen LogP contribution in [0.2, 0.25) is 0 Å². The summed E-state index contributed by atoms with van der Waals surface area (Å²) in [7, 11) is 0. The lowest BCUT2D eigenvalue weighted by Crippen LogP contribution is -2.45. The predicted octanol–water partition coefficient (Wildman–Crippen LogP) is 3.11. The van der Waals surface area contributed by atoms with Gasteiger partial charge in [0.2, 0.25) is 0 Å². The molecule has 1 unspecified atom stereocenters. The molecule has 1 aliphatic heterocycles. The van der Waals surface area contributed by atoms with Crippen LogP contribution in [0, 0.1) is 0 Å². The van der Waals surface area contributed by atoms with Gasteiger partial charge in [-0.15, -0.1) is 0 Å². The third kappa shape index (κ3) is 2.06. The molecule has 1 aliphatic carbocycles. The monoisotopic (exact) mass is 231 g/mol. The number of aliphatic hydroxyl groups is 1. The zero-order valence-corrected chi connectivity index (χ0v) is 10.3. The molecule has 2 N–H and O–H groups in total. The molecule has 2 nitrogen and oxygen atoms in total. The molecule has 2 aliphatic rings. The smallest absolute Gasteiger partial charge is 0.0851 e. The van der Waals surface area contributed by atoms with Gasteiger partial charge in [0.15, 0.2) is 0 Å². The van der Waals surface area contributed by atoms with Crippen LogP contribution >= 0.6 is 0 Å². The second-order valence-corrected chi connectivity index (χ2v) is 5.58. The number of benzene rings is 1. The van der Waals surface area contributed by atoms with E-state index in [-0.39, 0.29) is 6.04 Å². The second-order valence-electron chi connectivity index (χ2n) is 5.58. The van der Waals surface area contributed by atoms with Gasteiger partial charge in [-0.1, -0.05) is 43.9 Å². The Morgan fingerprint density at radius 1 is 1.06 bits per heavy atom. The molecule has 17 heavy (non-hydrogen) atoms. The number of hydrogen-bond acceptors (Lipinski definition) is 2. The van der Waals surface area contributed by atoms with Crippen molar-refractivity contribution in [2.24, 2.45) is 0 Å². The minimum atomic E-state index is -0.491. The lowest BCUT2D eigenvalue weighted by Gasteiger charge is -2.33. The van der Waals surface area contributed by atoms with Crippen LogP contribution in [0.15, 0.2) is 24.3 Å². The Hall–Kier alpha value is -1.02. The molecule has 1 fully saturated rings. The Balaban J connectivity index is 1.78. The highest BCUT2D eigenvalue weighted by Crippen LogP contribution is 2.37. The quantitative estimate of drug-likeness (QED) is 0.728. The van der Waals surface area contributed by atoms with Crippen molar-refractivity contribution in [3.05, 3.63) is 29.8 Å². The van der Waals surface area contributed by atoms with Crippen molar-refractivity contribution < 1.29 is 5.11 Å². The van der Waals surface area contributed by atoms with Gasteiger partial charge in [-0.2, -0.15) is 0 Å². The number of para-hydroxylation sites is 1. The second kappa shape index (κ2) is 4.34. The summed E-state index contributed by atoms with van der Waals surface area (Å²) in [5, 5.41) is 14.4. The molecule has 2 heteroatoms. The van der Waals surface area contributed by atoms with Gasteiger partial charge in [-0.05, 0) is 30.9 Å². The summed E-state index contributed by atoms with van der Waals surface area (Å²) < 4.78 is 0. The van der Waals surface area contributed by atoms with E-state index < -0.39 is 5.60 Å². The van der Waals surface area contributed by atoms with Crippen LogP contribution in [0.3, 0.4) is 0 Å². The Morgan fingerprint density at radius 2 is 1.76 bits per heavy atom. The first kappa shape index (κ1) is 11.1. The zero-order valence-electron chi connectivity index (χ0n) is 10.3. The van der Waals surface area contributed by atoms with E-state index >= 15 is 0 Å². The topological polar surface area (TPSA) is 32.3 Å². The average molecular weight is 231 g/mol. The van der Waals surface area contributed by atoms with Crippen LogP contribution in [-0.2, 0) is 6.42 Å². The molecule has 92 valence electrons. The number of hydrogen-bond donors (Lipinski definition) is 2. The molecule has 3 rings (SSSR count). The number of fused-ring (bicyclic) bond motifs is 1. The van der Waals surface area contributed by atoms with Crippen LogP contribution < -0.4 is 5.32 Å². The van der Waals surface area contributed by atoms with E-state index in [1.807, 2.05) is 0 Å². The normalized spacial score (nSPS) is 27.0. The van der Waals surface area contributed by atoms with Gasteiger partial charge in [0, 0.05) is 5.69 Å². The van der Waals surface area contributed by atoms with Crippen molar-refractivity contribution in [3.63, 3.8) is 0 Å². The number of anilines is 1. The summed E-state index contributed by atoms with van der Waals surface area (Å²) in [5.41, 5.74) is 2.08. The van der Waals surface area contributed by atoms with Gasteiger partial charge in [0.05, 0.1) is 11.6 Å². The van der Waals surface area contributed by atoms with Gasteiger partial charge in [0.25, 0.3) is 0 Å². The van der Waals surface area contributed by atoms with E-state index in [1.54, 1.807) is 0 Å². The molecule has 0 amide bonds. The maximum atomic E-state index is 10.9. The molecule has 0 radical (unpaired) electrons. The summed E-state index contributed by atoms with van der Waals surface area (Å²) >= 11 is 0. The first-order valence-electron chi connectivity index (χ1n) is 6.85. The third-order valence-corrected chi connectivity index (χ3v) is 4.39. The molecule has 0 bridgehead atoms. The summed E-state index contributed by atoms with van der Waals surface area (Å²) in [5.74, 6) is 0. The van der Waals surface area contributed by atoms with E-state index in [4.69, 9.17) is 0 Å². The molecule has 1 heterocycles. The lowest BCUT2D eigenvalue weighted by atomic mass is 9.85. The van der Waals surface area contributed by atoms with Crippen LogP contribution in [0.5, 0.6) is 0 Å². The van der Waals surface area contributed by atoms with Crippen LogP contribution in [0.4, 0.5) is 5.69 Å². The van der Waals surface area contributed by atoms with Gasteiger partial charge >= 0.3 is 0 Å². The molecule has 0 saturated heterocycles. The van der Waals surface area contributed by atoms with Gasteiger partial charge in [-0.3, -0.25) is 0 Å². The first-order chi connectivity index (χ1) is 8.28.